The lowest BCUT2D eigenvalue weighted by atomic mass is 10.0. The lowest BCUT2D eigenvalue weighted by Gasteiger charge is -2.11. The van der Waals surface area contributed by atoms with Crippen LogP contribution in [-0.2, 0) is 11.2 Å². The molecule has 1 aromatic rings. The predicted octanol–water partition coefficient (Wildman–Crippen LogP) is 1.41. The fourth-order valence-electron chi connectivity index (χ4n) is 2.22. The van der Waals surface area contributed by atoms with Crippen LogP contribution in [-0.4, -0.2) is 25.0 Å². The summed E-state index contributed by atoms with van der Waals surface area (Å²) in [5.74, 6) is 0.168. The van der Waals surface area contributed by atoms with Gasteiger partial charge in [0.25, 0.3) is 0 Å². The SMILES string of the molecule is Cc1ccccc1CCC(=O)N[C@H]1CCNC1. The Hall–Kier alpha value is -1.35. The molecule has 92 valence electrons. The quantitative estimate of drug-likeness (QED) is 0.824. The van der Waals surface area contributed by atoms with Crippen LogP contribution in [0.3, 0.4) is 0 Å². The Morgan fingerprint density at radius 2 is 2.29 bits per heavy atom. The van der Waals surface area contributed by atoms with Crippen LogP contribution < -0.4 is 10.6 Å². The maximum absolute atomic E-state index is 11.7. The third kappa shape index (κ3) is 3.56. The highest BCUT2D eigenvalue weighted by molar-refractivity contribution is 5.76. The molecule has 1 aliphatic heterocycles. The lowest BCUT2D eigenvalue weighted by molar-refractivity contribution is -0.121. The monoisotopic (exact) mass is 232 g/mol. The van der Waals surface area contributed by atoms with Gasteiger partial charge >= 0.3 is 0 Å². The fourth-order valence-corrected chi connectivity index (χ4v) is 2.22. The van der Waals surface area contributed by atoms with E-state index in [9.17, 15) is 4.79 Å². The van der Waals surface area contributed by atoms with Gasteiger partial charge in [0.1, 0.15) is 0 Å². The molecule has 0 aliphatic carbocycles. The first-order valence-corrected chi connectivity index (χ1v) is 6.30. The molecule has 3 nitrogen and oxygen atoms in total. The summed E-state index contributed by atoms with van der Waals surface area (Å²) >= 11 is 0. The van der Waals surface area contributed by atoms with Crippen molar-refractivity contribution < 1.29 is 4.79 Å². The van der Waals surface area contributed by atoms with Crippen molar-refractivity contribution >= 4 is 5.91 Å². The van der Waals surface area contributed by atoms with E-state index in [-0.39, 0.29) is 5.91 Å². The van der Waals surface area contributed by atoms with E-state index in [1.54, 1.807) is 0 Å². The van der Waals surface area contributed by atoms with Crippen molar-refractivity contribution in [2.45, 2.75) is 32.2 Å². The van der Waals surface area contributed by atoms with Gasteiger partial charge < -0.3 is 10.6 Å². The first-order chi connectivity index (χ1) is 8.25. The second kappa shape index (κ2) is 5.82. The van der Waals surface area contributed by atoms with Gasteiger partial charge in [-0.25, -0.2) is 0 Å². The molecule has 3 heteroatoms. The number of hydrogen-bond acceptors (Lipinski definition) is 2. The zero-order valence-corrected chi connectivity index (χ0v) is 10.3. The van der Waals surface area contributed by atoms with Crippen molar-refractivity contribution in [1.29, 1.82) is 0 Å². The normalized spacial score (nSPS) is 19.2. The summed E-state index contributed by atoms with van der Waals surface area (Å²) < 4.78 is 0. The van der Waals surface area contributed by atoms with E-state index in [0.29, 0.717) is 12.5 Å². The molecular weight excluding hydrogens is 212 g/mol. The summed E-state index contributed by atoms with van der Waals surface area (Å²) in [6, 6.07) is 8.58. The number of carbonyl (C=O) groups is 1. The standard InChI is InChI=1S/C14H20N2O/c1-11-4-2-3-5-12(11)6-7-14(17)16-13-8-9-15-10-13/h2-5,13,15H,6-10H2,1H3,(H,16,17)/t13-/m0/s1. The fraction of sp³-hybridized carbons (Fsp3) is 0.500. The Kier molecular flexibility index (Phi) is 4.15. The third-order valence-corrected chi connectivity index (χ3v) is 3.31. The van der Waals surface area contributed by atoms with Crippen LogP contribution in [0.2, 0.25) is 0 Å². The van der Waals surface area contributed by atoms with Crippen molar-refractivity contribution in [3.8, 4) is 0 Å². The molecule has 1 aromatic carbocycles. The largest absolute Gasteiger partial charge is 0.352 e. The van der Waals surface area contributed by atoms with Crippen LogP contribution in [0.15, 0.2) is 24.3 Å². The Labute approximate surface area is 103 Å². The molecule has 0 aromatic heterocycles. The molecule has 1 fully saturated rings. The van der Waals surface area contributed by atoms with Crippen LogP contribution in [0.4, 0.5) is 0 Å². The first kappa shape index (κ1) is 12.1. The Morgan fingerprint density at radius 1 is 1.47 bits per heavy atom. The van der Waals surface area contributed by atoms with Crippen molar-refractivity contribution in [3.05, 3.63) is 35.4 Å². The van der Waals surface area contributed by atoms with Gasteiger partial charge in [-0.15, -0.1) is 0 Å². The van der Waals surface area contributed by atoms with E-state index >= 15 is 0 Å². The summed E-state index contributed by atoms with van der Waals surface area (Å²) in [6.45, 7) is 4.02. The van der Waals surface area contributed by atoms with Gasteiger partial charge in [0, 0.05) is 19.0 Å². The molecule has 1 saturated heterocycles. The molecule has 2 N–H and O–H groups in total. The first-order valence-electron chi connectivity index (χ1n) is 6.30. The van der Waals surface area contributed by atoms with Gasteiger partial charge in [0.15, 0.2) is 0 Å². The molecule has 2 rings (SSSR count). The summed E-state index contributed by atoms with van der Waals surface area (Å²) in [4.78, 5) is 11.7. The maximum Gasteiger partial charge on any atom is 0.220 e. The average Bonchev–Trinajstić information content (AvgIpc) is 2.81. The molecule has 17 heavy (non-hydrogen) atoms. The molecule has 0 saturated carbocycles. The highest BCUT2D eigenvalue weighted by Gasteiger charge is 2.16. The smallest absolute Gasteiger partial charge is 0.220 e. The topological polar surface area (TPSA) is 41.1 Å². The van der Waals surface area contributed by atoms with Gasteiger partial charge in [0.2, 0.25) is 5.91 Å². The molecule has 0 bridgehead atoms. The predicted molar refractivity (Wildman–Crippen MR) is 68.9 cm³/mol. The number of rotatable bonds is 4. The lowest BCUT2D eigenvalue weighted by Crippen LogP contribution is -2.36. The van der Waals surface area contributed by atoms with E-state index in [1.165, 1.54) is 11.1 Å². The number of carbonyl (C=O) groups excluding carboxylic acids is 1. The van der Waals surface area contributed by atoms with E-state index in [4.69, 9.17) is 0 Å². The van der Waals surface area contributed by atoms with Crippen molar-refractivity contribution in [2.24, 2.45) is 0 Å². The molecule has 0 spiro atoms. The van der Waals surface area contributed by atoms with E-state index < -0.39 is 0 Å². The average molecular weight is 232 g/mol. The number of nitrogens with one attached hydrogen (secondary N) is 2. The molecule has 0 radical (unpaired) electrons. The van der Waals surface area contributed by atoms with E-state index in [2.05, 4.69) is 29.7 Å². The molecular formula is C14H20N2O. The maximum atomic E-state index is 11.7. The molecule has 1 amide bonds. The van der Waals surface area contributed by atoms with Gasteiger partial charge in [-0.2, -0.15) is 0 Å². The Balaban J connectivity index is 1.77. The number of amides is 1. The van der Waals surface area contributed by atoms with Crippen LogP contribution in [0.25, 0.3) is 0 Å². The second-order valence-electron chi connectivity index (χ2n) is 4.68. The highest BCUT2D eigenvalue weighted by Crippen LogP contribution is 2.09. The molecule has 1 heterocycles. The number of hydrogen-bond donors (Lipinski definition) is 2. The van der Waals surface area contributed by atoms with Crippen molar-refractivity contribution in [2.75, 3.05) is 13.1 Å². The summed E-state index contributed by atoms with van der Waals surface area (Å²) in [7, 11) is 0. The molecule has 0 unspecified atom stereocenters. The van der Waals surface area contributed by atoms with Crippen LogP contribution in [0, 0.1) is 6.92 Å². The van der Waals surface area contributed by atoms with Gasteiger partial charge in [-0.05, 0) is 37.4 Å². The Morgan fingerprint density at radius 3 is 3.00 bits per heavy atom. The summed E-state index contributed by atoms with van der Waals surface area (Å²) in [5.41, 5.74) is 2.54. The van der Waals surface area contributed by atoms with Crippen LogP contribution in [0.1, 0.15) is 24.0 Å². The van der Waals surface area contributed by atoms with E-state index in [1.807, 2.05) is 12.1 Å². The minimum absolute atomic E-state index is 0.168. The number of benzene rings is 1. The van der Waals surface area contributed by atoms with Gasteiger partial charge in [-0.3, -0.25) is 4.79 Å². The molecule has 1 atom stereocenters. The summed E-state index contributed by atoms with van der Waals surface area (Å²) in [5, 5.41) is 6.31. The van der Waals surface area contributed by atoms with Gasteiger partial charge in [-0.1, -0.05) is 24.3 Å². The van der Waals surface area contributed by atoms with Crippen LogP contribution in [0.5, 0.6) is 0 Å². The van der Waals surface area contributed by atoms with E-state index in [0.717, 1.165) is 25.9 Å². The summed E-state index contributed by atoms with van der Waals surface area (Å²) in [6.07, 6.45) is 2.47. The van der Waals surface area contributed by atoms with Crippen LogP contribution >= 0.6 is 0 Å². The van der Waals surface area contributed by atoms with Gasteiger partial charge in [0.05, 0.1) is 0 Å². The second-order valence-corrected chi connectivity index (χ2v) is 4.68. The van der Waals surface area contributed by atoms with Crippen molar-refractivity contribution in [3.63, 3.8) is 0 Å². The Bertz CT molecular complexity index is 384. The highest BCUT2D eigenvalue weighted by atomic mass is 16.1. The third-order valence-electron chi connectivity index (χ3n) is 3.31. The minimum atomic E-state index is 0.168. The van der Waals surface area contributed by atoms with Crippen molar-refractivity contribution in [1.82, 2.24) is 10.6 Å². The molecule has 1 aliphatic rings. The minimum Gasteiger partial charge on any atom is -0.352 e. The zero-order valence-electron chi connectivity index (χ0n) is 10.3. The zero-order chi connectivity index (χ0) is 12.1. The number of aryl methyl sites for hydroxylation is 2.